The van der Waals surface area contributed by atoms with E-state index in [9.17, 15) is 4.79 Å². The van der Waals surface area contributed by atoms with Crippen molar-refractivity contribution in [2.24, 2.45) is 5.73 Å². The van der Waals surface area contributed by atoms with E-state index in [1.807, 2.05) is 25.7 Å². The third-order valence-electron chi connectivity index (χ3n) is 3.32. The molecule has 5 nitrogen and oxygen atoms in total. The molecule has 5 heteroatoms. The smallest absolute Gasteiger partial charge is 0.317 e. The largest absolute Gasteiger partial charge is 0.333 e. The Hall–Kier alpha value is -0.810. The highest BCUT2D eigenvalue weighted by molar-refractivity contribution is 5.75. The van der Waals surface area contributed by atoms with Crippen molar-refractivity contribution in [3.63, 3.8) is 0 Å². The summed E-state index contributed by atoms with van der Waals surface area (Å²) in [4.78, 5) is 16.4. The van der Waals surface area contributed by atoms with Gasteiger partial charge in [0.25, 0.3) is 0 Å². The average molecular weight is 270 g/mol. The minimum atomic E-state index is -0.156. The monoisotopic (exact) mass is 270 g/mol. The molecule has 0 bridgehead atoms. The predicted molar refractivity (Wildman–Crippen MR) is 79.2 cm³/mol. The molecule has 2 amide bonds. The van der Waals surface area contributed by atoms with Gasteiger partial charge in [-0.25, -0.2) is 4.79 Å². The summed E-state index contributed by atoms with van der Waals surface area (Å²) in [6, 6.07) is 0.0651. The zero-order chi connectivity index (χ0) is 14.3. The fourth-order valence-electron chi connectivity index (χ4n) is 2.23. The lowest BCUT2D eigenvalue weighted by molar-refractivity contribution is 0.133. The van der Waals surface area contributed by atoms with Crippen LogP contribution in [0.15, 0.2) is 0 Å². The van der Waals surface area contributed by atoms with E-state index in [0.717, 1.165) is 45.7 Å². The van der Waals surface area contributed by atoms with E-state index in [-0.39, 0.29) is 11.6 Å². The number of nitrogens with zero attached hydrogens (tertiary/aromatic N) is 2. The van der Waals surface area contributed by atoms with E-state index in [2.05, 4.69) is 10.2 Å². The van der Waals surface area contributed by atoms with E-state index in [1.165, 1.54) is 12.8 Å². The molecule has 1 heterocycles. The predicted octanol–water partition coefficient (Wildman–Crippen LogP) is 1.24. The molecule has 19 heavy (non-hydrogen) atoms. The van der Waals surface area contributed by atoms with Crippen LogP contribution in [0.3, 0.4) is 0 Å². The van der Waals surface area contributed by atoms with E-state index >= 15 is 0 Å². The molecule has 0 aromatic heterocycles. The Labute approximate surface area is 117 Å². The molecule has 0 atom stereocenters. The Morgan fingerprint density at radius 1 is 1.11 bits per heavy atom. The third-order valence-corrected chi connectivity index (χ3v) is 3.32. The second-order valence-corrected chi connectivity index (χ2v) is 6.36. The summed E-state index contributed by atoms with van der Waals surface area (Å²) >= 11 is 0. The Morgan fingerprint density at radius 3 is 2.26 bits per heavy atom. The minimum Gasteiger partial charge on any atom is -0.333 e. The van der Waals surface area contributed by atoms with Gasteiger partial charge in [0.05, 0.1) is 0 Å². The summed E-state index contributed by atoms with van der Waals surface area (Å²) < 4.78 is 0. The van der Waals surface area contributed by atoms with E-state index in [1.54, 1.807) is 0 Å². The summed E-state index contributed by atoms with van der Waals surface area (Å²) in [5, 5.41) is 3.02. The SMILES string of the molecule is CC(C)(C)NC(=O)N1CCN(CCCCCN)CC1. The standard InChI is InChI=1S/C14H30N4O/c1-14(2,3)16-13(19)18-11-9-17(10-12-18)8-6-4-5-7-15/h4-12,15H2,1-3H3,(H,16,19). The second kappa shape index (κ2) is 7.70. The molecular weight excluding hydrogens is 240 g/mol. The molecule has 1 saturated heterocycles. The normalized spacial score (nSPS) is 17.6. The zero-order valence-electron chi connectivity index (χ0n) is 12.7. The summed E-state index contributed by atoms with van der Waals surface area (Å²) in [5.41, 5.74) is 5.33. The molecule has 0 saturated carbocycles. The highest BCUT2D eigenvalue weighted by Crippen LogP contribution is 2.07. The minimum absolute atomic E-state index is 0.0651. The highest BCUT2D eigenvalue weighted by atomic mass is 16.2. The van der Waals surface area contributed by atoms with Gasteiger partial charge in [-0.3, -0.25) is 4.90 Å². The maximum atomic E-state index is 12.0. The summed E-state index contributed by atoms with van der Waals surface area (Å²) in [7, 11) is 0. The summed E-state index contributed by atoms with van der Waals surface area (Å²) in [5.74, 6) is 0. The molecule has 1 fully saturated rings. The molecule has 1 aliphatic heterocycles. The maximum absolute atomic E-state index is 12.0. The van der Waals surface area contributed by atoms with Gasteiger partial charge in [0, 0.05) is 31.7 Å². The van der Waals surface area contributed by atoms with Gasteiger partial charge < -0.3 is 16.0 Å². The van der Waals surface area contributed by atoms with Crippen molar-refractivity contribution in [1.82, 2.24) is 15.1 Å². The summed E-state index contributed by atoms with van der Waals surface area (Å²) in [6.45, 7) is 11.6. The number of rotatable bonds is 5. The number of carbonyl (C=O) groups is 1. The van der Waals surface area contributed by atoms with E-state index < -0.39 is 0 Å². The first-order valence-corrected chi connectivity index (χ1v) is 7.42. The molecule has 112 valence electrons. The van der Waals surface area contributed by atoms with Crippen molar-refractivity contribution in [3.8, 4) is 0 Å². The van der Waals surface area contributed by atoms with Crippen molar-refractivity contribution in [3.05, 3.63) is 0 Å². The molecule has 0 spiro atoms. The van der Waals surface area contributed by atoms with Crippen LogP contribution < -0.4 is 11.1 Å². The van der Waals surface area contributed by atoms with Crippen LogP contribution in [0.5, 0.6) is 0 Å². The molecule has 0 radical (unpaired) electrons. The van der Waals surface area contributed by atoms with Crippen LogP contribution in [0.25, 0.3) is 0 Å². The maximum Gasteiger partial charge on any atom is 0.317 e. The second-order valence-electron chi connectivity index (χ2n) is 6.36. The van der Waals surface area contributed by atoms with Crippen LogP contribution in [-0.2, 0) is 0 Å². The average Bonchev–Trinajstić information content (AvgIpc) is 2.33. The molecule has 0 aromatic rings. The molecule has 0 aromatic carbocycles. The lowest BCUT2D eigenvalue weighted by Gasteiger charge is -2.36. The number of urea groups is 1. The molecule has 3 N–H and O–H groups in total. The number of amides is 2. The number of nitrogens with two attached hydrogens (primary N) is 1. The molecule has 0 aliphatic carbocycles. The summed E-state index contributed by atoms with van der Waals surface area (Å²) in [6.07, 6.45) is 3.54. The quantitative estimate of drug-likeness (QED) is 0.739. The van der Waals surface area contributed by atoms with Crippen LogP contribution in [0.4, 0.5) is 4.79 Å². The number of hydrogen-bond acceptors (Lipinski definition) is 3. The molecule has 0 unspecified atom stereocenters. The Kier molecular flexibility index (Phi) is 6.58. The Balaban J connectivity index is 2.19. The van der Waals surface area contributed by atoms with Crippen LogP contribution in [0.1, 0.15) is 40.0 Å². The van der Waals surface area contributed by atoms with Crippen LogP contribution in [0.2, 0.25) is 0 Å². The Bertz CT molecular complexity index is 267. The van der Waals surface area contributed by atoms with Gasteiger partial charge in [-0.1, -0.05) is 6.42 Å². The fraction of sp³-hybridized carbons (Fsp3) is 0.929. The van der Waals surface area contributed by atoms with Crippen LogP contribution in [0, 0.1) is 0 Å². The topological polar surface area (TPSA) is 61.6 Å². The van der Waals surface area contributed by atoms with Crippen molar-refractivity contribution >= 4 is 6.03 Å². The van der Waals surface area contributed by atoms with Gasteiger partial charge >= 0.3 is 6.03 Å². The van der Waals surface area contributed by atoms with Gasteiger partial charge in [-0.2, -0.15) is 0 Å². The number of piperazine rings is 1. The number of carbonyl (C=O) groups excluding carboxylic acids is 1. The fourth-order valence-corrected chi connectivity index (χ4v) is 2.23. The number of nitrogens with one attached hydrogen (secondary N) is 1. The molecule has 1 rings (SSSR count). The van der Waals surface area contributed by atoms with Crippen molar-refractivity contribution < 1.29 is 4.79 Å². The zero-order valence-corrected chi connectivity index (χ0v) is 12.7. The lowest BCUT2D eigenvalue weighted by Crippen LogP contribution is -2.55. The van der Waals surface area contributed by atoms with Gasteiger partial charge in [0.1, 0.15) is 0 Å². The van der Waals surface area contributed by atoms with Gasteiger partial charge in [-0.15, -0.1) is 0 Å². The molecular formula is C14H30N4O. The van der Waals surface area contributed by atoms with E-state index in [0.29, 0.717) is 0 Å². The van der Waals surface area contributed by atoms with Crippen LogP contribution in [-0.4, -0.2) is 60.6 Å². The lowest BCUT2D eigenvalue weighted by atomic mass is 10.1. The first kappa shape index (κ1) is 16.2. The highest BCUT2D eigenvalue weighted by Gasteiger charge is 2.23. The van der Waals surface area contributed by atoms with Gasteiger partial charge in [0.15, 0.2) is 0 Å². The van der Waals surface area contributed by atoms with Gasteiger partial charge in [0.2, 0.25) is 0 Å². The number of unbranched alkanes of at least 4 members (excludes halogenated alkanes) is 2. The van der Waals surface area contributed by atoms with Crippen LogP contribution >= 0.6 is 0 Å². The van der Waals surface area contributed by atoms with Crippen molar-refractivity contribution in [1.29, 1.82) is 0 Å². The molecule has 1 aliphatic rings. The third kappa shape index (κ3) is 6.78. The van der Waals surface area contributed by atoms with Gasteiger partial charge in [-0.05, 0) is 46.7 Å². The first-order chi connectivity index (χ1) is 8.92. The Morgan fingerprint density at radius 2 is 1.74 bits per heavy atom. The first-order valence-electron chi connectivity index (χ1n) is 7.42. The van der Waals surface area contributed by atoms with Crippen molar-refractivity contribution in [2.75, 3.05) is 39.3 Å². The van der Waals surface area contributed by atoms with Crippen molar-refractivity contribution in [2.45, 2.75) is 45.6 Å². The number of hydrogen-bond donors (Lipinski definition) is 2. The van der Waals surface area contributed by atoms with E-state index in [4.69, 9.17) is 5.73 Å².